The predicted octanol–water partition coefficient (Wildman–Crippen LogP) is -1.37. The molecule has 10 heteroatoms. The maximum atomic E-state index is 12.2. The number of carbonyl (C=O) groups is 4. The van der Waals surface area contributed by atoms with Crippen LogP contribution in [0.15, 0.2) is 0 Å². The number of carboxylic acids is 2. The molecule has 0 aliphatic carbocycles. The Labute approximate surface area is 146 Å². The second-order valence-electron chi connectivity index (χ2n) is 6.11. The van der Waals surface area contributed by atoms with Gasteiger partial charge in [0, 0.05) is 0 Å². The van der Waals surface area contributed by atoms with Crippen molar-refractivity contribution in [3.05, 3.63) is 0 Å². The van der Waals surface area contributed by atoms with Gasteiger partial charge in [-0.25, -0.2) is 4.79 Å². The van der Waals surface area contributed by atoms with Crippen LogP contribution in [0.2, 0.25) is 0 Å². The van der Waals surface area contributed by atoms with Crippen LogP contribution < -0.4 is 22.1 Å². The highest BCUT2D eigenvalue weighted by molar-refractivity contribution is 5.93. The van der Waals surface area contributed by atoms with E-state index in [1.807, 2.05) is 0 Å². The summed E-state index contributed by atoms with van der Waals surface area (Å²) in [6.45, 7) is 3.80. The molecule has 0 aliphatic rings. The SMILES string of the molecule is CC(C)C(N)C(=O)NC(CC(=O)O)C(=O)NC(CCCCN)C(=O)O. The van der Waals surface area contributed by atoms with Gasteiger partial charge >= 0.3 is 11.9 Å². The van der Waals surface area contributed by atoms with Crippen molar-refractivity contribution >= 4 is 23.8 Å². The number of aliphatic carboxylic acids is 2. The maximum absolute atomic E-state index is 12.2. The molecule has 0 aromatic rings. The van der Waals surface area contributed by atoms with Gasteiger partial charge in [0.15, 0.2) is 0 Å². The summed E-state index contributed by atoms with van der Waals surface area (Å²) in [5.41, 5.74) is 11.0. The van der Waals surface area contributed by atoms with Gasteiger partial charge in [-0.15, -0.1) is 0 Å². The molecule has 0 aromatic heterocycles. The average Bonchev–Trinajstić information content (AvgIpc) is 2.51. The summed E-state index contributed by atoms with van der Waals surface area (Å²) in [6.07, 6.45) is 0.551. The number of rotatable bonds is 12. The molecule has 0 saturated carbocycles. The van der Waals surface area contributed by atoms with E-state index in [0.717, 1.165) is 0 Å². The molecule has 0 rings (SSSR count). The molecule has 0 bridgehead atoms. The highest BCUT2D eigenvalue weighted by Crippen LogP contribution is 2.04. The van der Waals surface area contributed by atoms with Gasteiger partial charge in [-0.1, -0.05) is 13.8 Å². The van der Waals surface area contributed by atoms with E-state index in [-0.39, 0.29) is 12.3 Å². The minimum Gasteiger partial charge on any atom is -0.481 e. The van der Waals surface area contributed by atoms with Crippen LogP contribution in [0.5, 0.6) is 0 Å². The summed E-state index contributed by atoms with van der Waals surface area (Å²) >= 11 is 0. The minimum absolute atomic E-state index is 0.150. The first-order chi connectivity index (χ1) is 11.6. The molecule has 0 heterocycles. The predicted molar refractivity (Wildman–Crippen MR) is 89.5 cm³/mol. The molecular formula is C15H28N4O6. The van der Waals surface area contributed by atoms with Crippen molar-refractivity contribution in [3.63, 3.8) is 0 Å². The lowest BCUT2D eigenvalue weighted by atomic mass is 10.0. The number of nitrogens with two attached hydrogens (primary N) is 2. The lowest BCUT2D eigenvalue weighted by Crippen LogP contribution is -2.55. The van der Waals surface area contributed by atoms with Gasteiger partial charge < -0.3 is 32.3 Å². The Kier molecular flexibility index (Phi) is 10.4. The fourth-order valence-corrected chi connectivity index (χ4v) is 1.98. The molecule has 3 atom stereocenters. The van der Waals surface area contributed by atoms with E-state index in [1.165, 1.54) is 0 Å². The Morgan fingerprint density at radius 2 is 1.52 bits per heavy atom. The summed E-state index contributed by atoms with van der Waals surface area (Å²) in [5, 5.41) is 22.6. The van der Waals surface area contributed by atoms with Crippen molar-refractivity contribution in [3.8, 4) is 0 Å². The summed E-state index contributed by atoms with van der Waals surface area (Å²) in [7, 11) is 0. The van der Waals surface area contributed by atoms with Crippen molar-refractivity contribution in [2.75, 3.05) is 6.54 Å². The number of unbranched alkanes of at least 4 members (excludes halogenated alkanes) is 1. The molecule has 144 valence electrons. The van der Waals surface area contributed by atoms with E-state index in [4.69, 9.17) is 21.7 Å². The fourth-order valence-electron chi connectivity index (χ4n) is 1.98. The van der Waals surface area contributed by atoms with Gasteiger partial charge in [0.1, 0.15) is 12.1 Å². The molecule has 0 radical (unpaired) electrons. The van der Waals surface area contributed by atoms with Crippen LogP contribution >= 0.6 is 0 Å². The Morgan fingerprint density at radius 3 is 1.96 bits per heavy atom. The van der Waals surface area contributed by atoms with E-state index >= 15 is 0 Å². The molecule has 10 nitrogen and oxygen atoms in total. The quantitative estimate of drug-likeness (QED) is 0.230. The van der Waals surface area contributed by atoms with Crippen molar-refractivity contribution in [1.29, 1.82) is 0 Å². The number of amides is 2. The Bertz CT molecular complexity index is 483. The van der Waals surface area contributed by atoms with Crippen LogP contribution in [0.4, 0.5) is 0 Å². The van der Waals surface area contributed by atoms with Crippen LogP contribution in [-0.4, -0.2) is 58.6 Å². The third-order valence-corrected chi connectivity index (χ3v) is 3.59. The van der Waals surface area contributed by atoms with E-state index in [2.05, 4.69) is 10.6 Å². The van der Waals surface area contributed by atoms with Crippen LogP contribution in [0.25, 0.3) is 0 Å². The van der Waals surface area contributed by atoms with E-state index < -0.39 is 48.3 Å². The summed E-state index contributed by atoms with van der Waals surface area (Å²) < 4.78 is 0. The van der Waals surface area contributed by atoms with Crippen LogP contribution in [0.3, 0.4) is 0 Å². The van der Waals surface area contributed by atoms with Gasteiger partial charge in [0.05, 0.1) is 12.5 Å². The van der Waals surface area contributed by atoms with Crippen molar-refractivity contribution in [1.82, 2.24) is 10.6 Å². The smallest absolute Gasteiger partial charge is 0.326 e. The Hall–Kier alpha value is -2.20. The molecule has 0 saturated heterocycles. The molecule has 3 unspecified atom stereocenters. The summed E-state index contributed by atoms with van der Waals surface area (Å²) in [6, 6.07) is -3.51. The highest BCUT2D eigenvalue weighted by atomic mass is 16.4. The van der Waals surface area contributed by atoms with Crippen LogP contribution in [0.1, 0.15) is 39.5 Å². The molecule has 2 amide bonds. The van der Waals surface area contributed by atoms with E-state index in [9.17, 15) is 19.2 Å². The van der Waals surface area contributed by atoms with E-state index in [1.54, 1.807) is 13.8 Å². The largest absolute Gasteiger partial charge is 0.481 e. The normalized spacial score (nSPS) is 14.4. The number of hydrogen-bond acceptors (Lipinski definition) is 6. The maximum Gasteiger partial charge on any atom is 0.326 e. The first kappa shape index (κ1) is 22.8. The van der Waals surface area contributed by atoms with Gasteiger partial charge in [0.2, 0.25) is 11.8 Å². The molecular weight excluding hydrogens is 332 g/mol. The monoisotopic (exact) mass is 360 g/mol. The second kappa shape index (κ2) is 11.4. The third-order valence-electron chi connectivity index (χ3n) is 3.59. The van der Waals surface area contributed by atoms with Gasteiger partial charge in [-0.05, 0) is 31.7 Å². The zero-order valence-electron chi connectivity index (χ0n) is 14.5. The molecule has 0 aliphatic heterocycles. The molecule has 8 N–H and O–H groups in total. The third kappa shape index (κ3) is 9.01. The molecule has 0 fully saturated rings. The van der Waals surface area contributed by atoms with Gasteiger partial charge in [-0.2, -0.15) is 0 Å². The zero-order chi connectivity index (χ0) is 19.6. The van der Waals surface area contributed by atoms with Crippen molar-refractivity contribution in [2.45, 2.75) is 57.7 Å². The average molecular weight is 360 g/mol. The number of nitrogens with one attached hydrogen (secondary N) is 2. The van der Waals surface area contributed by atoms with Crippen molar-refractivity contribution < 1.29 is 29.4 Å². The number of carbonyl (C=O) groups excluding carboxylic acids is 2. The highest BCUT2D eigenvalue weighted by Gasteiger charge is 2.30. The summed E-state index contributed by atoms with van der Waals surface area (Å²) in [4.78, 5) is 46.4. The summed E-state index contributed by atoms with van der Waals surface area (Å²) in [5.74, 6) is -4.33. The zero-order valence-corrected chi connectivity index (χ0v) is 14.5. The lowest BCUT2D eigenvalue weighted by molar-refractivity contribution is -0.143. The van der Waals surface area contributed by atoms with Gasteiger partial charge in [-0.3, -0.25) is 14.4 Å². The molecule has 0 spiro atoms. The fraction of sp³-hybridized carbons (Fsp3) is 0.733. The minimum atomic E-state index is -1.41. The van der Waals surface area contributed by atoms with E-state index in [0.29, 0.717) is 19.4 Å². The topological polar surface area (TPSA) is 185 Å². The van der Waals surface area contributed by atoms with Crippen LogP contribution in [-0.2, 0) is 19.2 Å². The van der Waals surface area contributed by atoms with Gasteiger partial charge in [0.25, 0.3) is 0 Å². The number of hydrogen-bond donors (Lipinski definition) is 6. The molecule has 0 aromatic carbocycles. The second-order valence-corrected chi connectivity index (χ2v) is 6.11. The Balaban J connectivity index is 4.99. The standard InChI is InChI=1S/C15H28N4O6/c1-8(2)12(17)14(23)19-10(7-11(20)21)13(22)18-9(15(24)25)5-3-4-6-16/h8-10,12H,3-7,16-17H2,1-2H3,(H,18,22)(H,19,23)(H,20,21)(H,24,25). The first-order valence-electron chi connectivity index (χ1n) is 8.11. The van der Waals surface area contributed by atoms with Crippen LogP contribution in [0, 0.1) is 5.92 Å². The Morgan fingerprint density at radius 1 is 0.960 bits per heavy atom. The first-order valence-corrected chi connectivity index (χ1v) is 8.11. The number of carboxylic acid groups (broad SMARTS) is 2. The lowest BCUT2D eigenvalue weighted by Gasteiger charge is -2.23. The molecule has 25 heavy (non-hydrogen) atoms. The van der Waals surface area contributed by atoms with Crippen molar-refractivity contribution in [2.24, 2.45) is 17.4 Å².